The first-order valence-electron chi connectivity index (χ1n) is 10.4. The van der Waals surface area contributed by atoms with Gasteiger partial charge in [-0.2, -0.15) is 0 Å². The van der Waals surface area contributed by atoms with Crippen LogP contribution >= 0.6 is 23.8 Å². The van der Waals surface area contributed by atoms with Gasteiger partial charge >= 0.3 is 0 Å². The second kappa shape index (κ2) is 11.1. The fraction of sp³-hybridized carbons (Fsp3) is 0.348. The molecule has 31 heavy (non-hydrogen) atoms. The molecule has 2 aromatic carbocycles. The third-order valence-corrected chi connectivity index (χ3v) is 5.60. The van der Waals surface area contributed by atoms with Crippen molar-refractivity contribution in [2.75, 3.05) is 11.9 Å². The van der Waals surface area contributed by atoms with Crippen LogP contribution in [0.2, 0.25) is 5.02 Å². The minimum absolute atomic E-state index is 0.109. The van der Waals surface area contributed by atoms with E-state index in [0.29, 0.717) is 34.2 Å². The fourth-order valence-corrected chi connectivity index (χ4v) is 3.97. The maximum atomic E-state index is 12.7. The molecule has 2 amide bonds. The predicted octanol–water partition coefficient (Wildman–Crippen LogP) is 4.93. The van der Waals surface area contributed by atoms with E-state index in [1.807, 2.05) is 6.92 Å². The average Bonchev–Trinajstić information content (AvgIpc) is 2.76. The topological polar surface area (TPSA) is 79.5 Å². The summed E-state index contributed by atoms with van der Waals surface area (Å²) < 4.78 is 5.49. The van der Waals surface area contributed by atoms with Gasteiger partial charge in [-0.15, -0.1) is 0 Å². The number of ether oxygens (including phenoxy) is 1. The Morgan fingerprint density at radius 2 is 1.81 bits per heavy atom. The summed E-state index contributed by atoms with van der Waals surface area (Å²) in [6.07, 6.45) is 5.44. The van der Waals surface area contributed by atoms with Crippen molar-refractivity contribution in [3.63, 3.8) is 0 Å². The van der Waals surface area contributed by atoms with E-state index in [2.05, 4.69) is 16.0 Å². The molecular formula is C23H26ClN3O3S. The minimum Gasteiger partial charge on any atom is -0.493 e. The molecule has 0 atom stereocenters. The minimum atomic E-state index is -0.384. The van der Waals surface area contributed by atoms with Gasteiger partial charge < -0.3 is 15.4 Å². The second-order valence-electron chi connectivity index (χ2n) is 7.34. The molecule has 3 rings (SSSR count). The lowest BCUT2D eigenvalue weighted by atomic mass is 9.95. The lowest BCUT2D eigenvalue weighted by Gasteiger charge is -2.23. The summed E-state index contributed by atoms with van der Waals surface area (Å²) >= 11 is 11.5. The van der Waals surface area contributed by atoms with Gasteiger partial charge in [0, 0.05) is 11.7 Å². The van der Waals surface area contributed by atoms with Crippen molar-refractivity contribution in [1.82, 2.24) is 10.6 Å². The number of carbonyl (C=O) groups excluding carboxylic acids is 2. The van der Waals surface area contributed by atoms with E-state index in [-0.39, 0.29) is 23.0 Å². The van der Waals surface area contributed by atoms with Crippen LogP contribution in [0.25, 0.3) is 0 Å². The number of hydrogen-bond acceptors (Lipinski definition) is 4. The largest absolute Gasteiger partial charge is 0.493 e. The van der Waals surface area contributed by atoms with E-state index >= 15 is 0 Å². The van der Waals surface area contributed by atoms with Crippen LogP contribution in [0, 0.1) is 0 Å². The van der Waals surface area contributed by atoms with E-state index in [1.54, 1.807) is 42.5 Å². The number of thiocarbonyl (C=S) groups is 1. The van der Waals surface area contributed by atoms with Gasteiger partial charge in [0.2, 0.25) is 0 Å². The summed E-state index contributed by atoms with van der Waals surface area (Å²) in [5.41, 5.74) is 1.31. The molecule has 0 spiro atoms. The zero-order chi connectivity index (χ0) is 22.2. The smallest absolute Gasteiger partial charge is 0.261 e. The summed E-state index contributed by atoms with van der Waals surface area (Å²) in [6.45, 7) is 2.30. The van der Waals surface area contributed by atoms with Crippen molar-refractivity contribution < 1.29 is 14.3 Å². The number of nitrogens with one attached hydrogen (secondary N) is 3. The summed E-state index contributed by atoms with van der Waals surface area (Å²) in [5.74, 6) is -0.106. The summed E-state index contributed by atoms with van der Waals surface area (Å²) in [6, 6.07) is 12.1. The molecule has 164 valence electrons. The normalized spacial score (nSPS) is 13.9. The quantitative estimate of drug-likeness (QED) is 0.534. The van der Waals surface area contributed by atoms with Crippen LogP contribution in [-0.2, 0) is 0 Å². The predicted molar refractivity (Wildman–Crippen MR) is 127 cm³/mol. The van der Waals surface area contributed by atoms with Gasteiger partial charge in [0.05, 0.1) is 22.8 Å². The van der Waals surface area contributed by atoms with Crippen LogP contribution in [0.1, 0.15) is 59.7 Å². The van der Waals surface area contributed by atoms with Gasteiger partial charge in [-0.1, -0.05) is 43.0 Å². The Bertz CT molecular complexity index is 961. The van der Waals surface area contributed by atoms with E-state index in [1.165, 1.54) is 6.42 Å². The number of carbonyl (C=O) groups is 2. The highest BCUT2D eigenvalue weighted by Crippen LogP contribution is 2.23. The Morgan fingerprint density at radius 3 is 2.55 bits per heavy atom. The second-order valence-corrected chi connectivity index (χ2v) is 8.16. The average molecular weight is 460 g/mol. The highest BCUT2D eigenvalue weighted by Gasteiger charge is 2.19. The first-order chi connectivity index (χ1) is 15.0. The van der Waals surface area contributed by atoms with Crippen LogP contribution in [0.4, 0.5) is 5.69 Å². The lowest BCUT2D eigenvalue weighted by Crippen LogP contribution is -2.36. The molecule has 2 aromatic rings. The van der Waals surface area contributed by atoms with Crippen molar-refractivity contribution in [2.45, 2.75) is 45.1 Å². The van der Waals surface area contributed by atoms with E-state index in [4.69, 9.17) is 28.6 Å². The molecule has 0 saturated heterocycles. The number of hydrogen-bond donors (Lipinski definition) is 3. The first kappa shape index (κ1) is 23.0. The van der Waals surface area contributed by atoms with Crippen LogP contribution in [-0.4, -0.2) is 29.6 Å². The van der Waals surface area contributed by atoms with Crippen molar-refractivity contribution >= 4 is 46.4 Å². The van der Waals surface area contributed by atoms with Crippen LogP contribution in [0.5, 0.6) is 5.75 Å². The van der Waals surface area contributed by atoms with Gasteiger partial charge in [0.15, 0.2) is 5.11 Å². The number of anilines is 1. The first-order valence-corrected chi connectivity index (χ1v) is 11.2. The van der Waals surface area contributed by atoms with Crippen molar-refractivity contribution in [3.8, 4) is 5.75 Å². The van der Waals surface area contributed by atoms with Crippen LogP contribution in [0.15, 0.2) is 42.5 Å². The molecule has 1 fully saturated rings. The summed E-state index contributed by atoms with van der Waals surface area (Å²) in [5, 5.41) is 9.11. The Morgan fingerprint density at radius 1 is 1.06 bits per heavy atom. The molecule has 0 aromatic heterocycles. The third kappa shape index (κ3) is 6.42. The lowest BCUT2D eigenvalue weighted by molar-refractivity contribution is 0.0926. The Balaban J connectivity index is 1.64. The van der Waals surface area contributed by atoms with Gasteiger partial charge in [-0.3, -0.25) is 14.9 Å². The van der Waals surface area contributed by atoms with E-state index in [9.17, 15) is 9.59 Å². The molecule has 1 aliphatic rings. The zero-order valence-electron chi connectivity index (χ0n) is 17.4. The Kier molecular flexibility index (Phi) is 8.26. The molecule has 1 saturated carbocycles. The van der Waals surface area contributed by atoms with Gasteiger partial charge in [0.25, 0.3) is 11.8 Å². The van der Waals surface area contributed by atoms with Crippen LogP contribution < -0.4 is 20.7 Å². The molecule has 0 unspecified atom stereocenters. The third-order valence-electron chi connectivity index (χ3n) is 5.07. The molecule has 0 radical (unpaired) electrons. The Hall–Kier alpha value is -2.64. The molecular weight excluding hydrogens is 434 g/mol. The molecule has 3 N–H and O–H groups in total. The van der Waals surface area contributed by atoms with Crippen LogP contribution in [0.3, 0.4) is 0 Å². The standard InChI is InChI=1S/C23H26ClN3O3S/c1-2-30-20-11-7-6-10-17(20)21(28)27-23(31)26-16-12-13-19(24)18(14-16)22(29)25-15-8-4-3-5-9-15/h6-7,10-15H,2-5,8-9H2,1H3,(H,25,29)(H2,26,27,28,31). The molecule has 0 bridgehead atoms. The summed E-state index contributed by atoms with van der Waals surface area (Å²) in [4.78, 5) is 25.3. The van der Waals surface area contributed by atoms with Gasteiger partial charge in [-0.05, 0) is 62.3 Å². The SMILES string of the molecule is CCOc1ccccc1C(=O)NC(=S)Nc1ccc(Cl)c(C(=O)NC2CCCCC2)c1. The van der Waals surface area contributed by atoms with Crippen molar-refractivity contribution in [3.05, 3.63) is 58.6 Å². The number of para-hydroxylation sites is 1. The maximum Gasteiger partial charge on any atom is 0.261 e. The Labute approximate surface area is 192 Å². The highest BCUT2D eigenvalue weighted by atomic mass is 35.5. The number of rotatable bonds is 6. The maximum absolute atomic E-state index is 12.7. The highest BCUT2D eigenvalue weighted by molar-refractivity contribution is 7.80. The van der Waals surface area contributed by atoms with Gasteiger partial charge in [-0.25, -0.2) is 0 Å². The fourth-order valence-electron chi connectivity index (χ4n) is 3.56. The number of benzene rings is 2. The van der Waals surface area contributed by atoms with Crippen molar-refractivity contribution in [2.24, 2.45) is 0 Å². The molecule has 1 aliphatic carbocycles. The number of amides is 2. The van der Waals surface area contributed by atoms with E-state index in [0.717, 1.165) is 25.7 Å². The summed E-state index contributed by atoms with van der Waals surface area (Å²) in [7, 11) is 0. The van der Waals surface area contributed by atoms with Crippen molar-refractivity contribution in [1.29, 1.82) is 0 Å². The van der Waals surface area contributed by atoms with Gasteiger partial charge in [0.1, 0.15) is 5.75 Å². The molecule has 6 nitrogen and oxygen atoms in total. The number of halogens is 1. The molecule has 8 heteroatoms. The molecule has 0 aliphatic heterocycles. The monoisotopic (exact) mass is 459 g/mol. The zero-order valence-corrected chi connectivity index (χ0v) is 18.9. The van der Waals surface area contributed by atoms with E-state index < -0.39 is 0 Å². The molecule has 0 heterocycles.